The van der Waals surface area contributed by atoms with E-state index in [2.05, 4.69) is 12.2 Å². The molecule has 3 rings (SSSR count). The fourth-order valence-corrected chi connectivity index (χ4v) is 3.85. The maximum absolute atomic E-state index is 12.6. The maximum atomic E-state index is 12.6. The Bertz CT molecular complexity index is 599. The monoisotopic (exact) mass is 329 g/mol. The van der Waals surface area contributed by atoms with Crippen LogP contribution in [0.5, 0.6) is 0 Å². The van der Waals surface area contributed by atoms with Gasteiger partial charge < -0.3 is 16.0 Å². The van der Waals surface area contributed by atoms with E-state index in [1.165, 1.54) is 5.56 Å². The van der Waals surface area contributed by atoms with E-state index in [1.807, 2.05) is 24.3 Å². The third-order valence-corrected chi connectivity index (χ3v) is 5.44. The van der Waals surface area contributed by atoms with Gasteiger partial charge in [-0.15, -0.1) is 0 Å². The average molecular weight is 329 g/mol. The minimum absolute atomic E-state index is 0.00128. The average Bonchev–Trinajstić information content (AvgIpc) is 3.21. The van der Waals surface area contributed by atoms with Crippen molar-refractivity contribution in [3.05, 3.63) is 29.8 Å². The van der Waals surface area contributed by atoms with Crippen molar-refractivity contribution in [3.63, 3.8) is 0 Å². The van der Waals surface area contributed by atoms with Crippen molar-refractivity contribution in [3.8, 4) is 0 Å². The Morgan fingerprint density at radius 3 is 2.71 bits per heavy atom. The highest BCUT2D eigenvalue weighted by Crippen LogP contribution is 2.28. The number of hydrogen-bond donors (Lipinski definition) is 2. The van der Waals surface area contributed by atoms with Crippen molar-refractivity contribution in [2.45, 2.75) is 45.1 Å². The molecule has 3 N–H and O–H groups in total. The van der Waals surface area contributed by atoms with E-state index in [-0.39, 0.29) is 23.8 Å². The van der Waals surface area contributed by atoms with Crippen LogP contribution in [-0.2, 0) is 16.0 Å². The van der Waals surface area contributed by atoms with E-state index in [0.29, 0.717) is 25.4 Å². The number of nitrogens with two attached hydrogens (primary N) is 1. The molecule has 3 unspecified atom stereocenters. The first-order valence-corrected chi connectivity index (χ1v) is 9.02. The summed E-state index contributed by atoms with van der Waals surface area (Å²) in [5.74, 6) is 0.147. The smallest absolute Gasteiger partial charge is 0.227 e. The molecule has 0 bridgehead atoms. The lowest BCUT2D eigenvalue weighted by molar-refractivity contribution is -0.127. The van der Waals surface area contributed by atoms with E-state index < -0.39 is 0 Å². The molecule has 3 atom stereocenters. The van der Waals surface area contributed by atoms with Gasteiger partial charge in [0.05, 0.1) is 5.92 Å². The SMILES string of the molecule is CCc1ccc(N2CC(C(=O)NC3CCCC3CN)CC2=O)cc1. The summed E-state index contributed by atoms with van der Waals surface area (Å²) in [6.07, 6.45) is 4.47. The van der Waals surface area contributed by atoms with Crippen LogP contribution in [0.2, 0.25) is 0 Å². The quantitative estimate of drug-likeness (QED) is 0.865. The molecule has 0 spiro atoms. The zero-order chi connectivity index (χ0) is 17.1. The Morgan fingerprint density at radius 2 is 2.04 bits per heavy atom. The summed E-state index contributed by atoms with van der Waals surface area (Å²) >= 11 is 0. The summed E-state index contributed by atoms with van der Waals surface area (Å²) in [5.41, 5.74) is 7.91. The van der Waals surface area contributed by atoms with E-state index in [9.17, 15) is 9.59 Å². The van der Waals surface area contributed by atoms with Gasteiger partial charge in [0, 0.05) is 24.7 Å². The van der Waals surface area contributed by atoms with Gasteiger partial charge in [-0.2, -0.15) is 0 Å². The molecule has 2 aliphatic rings. The van der Waals surface area contributed by atoms with Gasteiger partial charge in [0.2, 0.25) is 11.8 Å². The Morgan fingerprint density at radius 1 is 1.29 bits per heavy atom. The Kier molecular flexibility index (Phi) is 5.19. The number of hydrogen-bond acceptors (Lipinski definition) is 3. The highest BCUT2D eigenvalue weighted by atomic mass is 16.2. The van der Waals surface area contributed by atoms with Crippen LogP contribution >= 0.6 is 0 Å². The summed E-state index contributed by atoms with van der Waals surface area (Å²) in [4.78, 5) is 26.6. The molecule has 5 nitrogen and oxygen atoms in total. The molecule has 0 radical (unpaired) electrons. The number of carbonyl (C=O) groups is 2. The molecule has 0 aromatic heterocycles. The Labute approximate surface area is 143 Å². The van der Waals surface area contributed by atoms with Crippen LogP contribution in [0.3, 0.4) is 0 Å². The molecule has 1 aliphatic heterocycles. The molecule has 1 aromatic carbocycles. The number of rotatable bonds is 5. The number of amides is 2. The molecule has 2 amide bonds. The standard InChI is InChI=1S/C19H27N3O2/c1-2-13-6-8-16(9-7-13)22-12-15(10-18(22)23)19(24)21-17-5-3-4-14(17)11-20/h6-9,14-15,17H,2-5,10-12,20H2,1H3,(H,21,24). The summed E-state index contributed by atoms with van der Waals surface area (Å²) in [6.45, 7) is 3.19. The summed E-state index contributed by atoms with van der Waals surface area (Å²) < 4.78 is 0. The predicted octanol–water partition coefficient (Wildman–Crippen LogP) is 1.85. The fraction of sp³-hybridized carbons (Fsp3) is 0.579. The molecule has 1 heterocycles. The normalized spacial score (nSPS) is 26.8. The van der Waals surface area contributed by atoms with Gasteiger partial charge in [0.25, 0.3) is 0 Å². The van der Waals surface area contributed by atoms with Gasteiger partial charge in [0.1, 0.15) is 0 Å². The van der Waals surface area contributed by atoms with E-state index >= 15 is 0 Å². The fourth-order valence-electron chi connectivity index (χ4n) is 3.85. The molecular formula is C19H27N3O2. The molecule has 130 valence electrons. The molecule has 1 saturated heterocycles. The van der Waals surface area contributed by atoms with Crippen molar-refractivity contribution in [1.29, 1.82) is 0 Å². The minimum Gasteiger partial charge on any atom is -0.353 e. The molecule has 24 heavy (non-hydrogen) atoms. The zero-order valence-electron chi connectivity index (χ0n) is 14.3. The second-order valence-corrected chi connectivity index (χ2v) is 6.97. The van der Waals surface area contributed by atoms with Gasteiger partial charge in [0.15, 0.2) is 0 Å². The predicted molar refractivity (Wildman–Crippen MR) is 94.6 cm³/mol. The minimum atomic E-state index is -0.262. The number of anilines is 1. The molecular weight excluding hydrogens is 302 g/mol. The molecule has 1 aliphatic carbocycles. The van der Waals surface area contributed by atoms with Gasteiger partial charge >= 0.3 is 0 Å². The lowest BCUT2D eigenvalue weighted by Gasteiger charge is -2.22. The first kappa shape index (κ1) is 17.0. The van der Waals surface area contributed by atoms with Gasteiger partial charge in [-0.05, 0) is 49.4 Å². The van der Waals surface area contributed by atoms with Crippen molar-refractivity contribution in [1.82, 2.24) is 5.32 Å². The van der Waals surface area contributed by atoms with Crippen LogP contribution in [-0.4, -0.2) is 30.9 Å². The first-order chi connectivity index (χ1) is 11.6. The summed E-state index contributed by atoms with van der Waals surface area (Å²) in [7, 11) is 0. The lowest BCUT2D eigenvalue weighted by atomic mass is 10.0. The zero-order valence-corrected chi connectivity index (χ0v) is 14.3. The van der Waals surface area contributed by atoms with Crippen molar-refractivity contribution in [2.24, 2.45) is 17.6 Å². The molecule has 1 aromatic rings. The largest absolute Gasteiger partial charge is 0.353 e. The second-order valence-electron chi connectivity index (χ2n) is 6.97. The van der Waals surface area contributed by atoms with E-state index in [0.717, 1.165) is 31.4 Å². The van der Waals surface area contributed by atoms with Crippen LogP contribution in [0, 0.1) is 11.8 Å². The number of carbonyl (C=O) groups excluding carboxylic acids is 2. The van der Waals surface area contributed by atoms with Gasteiger partial charge in [-0.1, -0.05) is 25.5 Å². The molecule has 1 saturated carbocycles. The highest BCUT2D eigenvalue weighted by Gasteiger charge is 2.37. The van der Waals surface area contributed by atoms with Crippen LogP contribution in [0.1, 0.15) is 38.2 Å². The third-order valence-electron chi connectivity index (χ3n) is 5.44. The highest BCUT2D eigenvalue weighted by molar-refractivity contribution is 6.00. The topological polar surface area (TPSA) is 75.4 Å². The van der Waals surface area contributed by atoms with Crippen molar-refractivity contribution >= 4 is 17.5 Å². The first-order valence-electron chi connectivity index (χ1n) is 9.02. The van der Waals surface area contributed by atoms with Crippen LogP contribution in [0.4, 0.5) is 5.69 Å². The Hall–Kier alpha value is -1.88. The van der Waals surface area contributed by atoms with Gasteiger partial charge in [-0.25, -0.2) is 0 Å². The van der Waals surface area contributed by atoms with Crippen LogP contribution in [0.25, 0.3) is 0 Å². The lowest BCUT2D eigenvalue weighted by Crippen LogP contribution is -2.43. The Balaban J connectivity index is 1.62. The maximum Gasteiger partial charge on any atom is 0.227 e. The molecule has 5 heteroatoms. The number of benzene rings is 1. The van der Waals surface area contributed by atoms with Crippen LogP contribution < -0.4 is 16.0 Å². The summed E-state index contributed by atoms with van der Waals surface area (Å²) in [5, 5.41) is 3.13. The number of nitrogens with one attached hydrogen (secondary N) is 1. The number of nitrogens with zero attached hydrogens (tertiary/aromatic N) is 1. The second kappa shape index (κ2) is 7.34. The van der Waals surface area contributed by atoms with E-state index in [1.54, 1.807) is 4.90 Å². The third kappa shape index (κ3) is 3.46. The molecule has 2 fully saturated rings. The van der Waals surface area contributed by atoms with E-state index in [4.69, 9.17) is 5.73 Å². The summed E-state index contributed by atoms with van der Waals surface area (Å²) in [6, 6.07) is 8.20. The van der Waals surface area contributed by atoms with Crippen molar-refractivity contribution in [2.75, 3.05) is 18.0 Å². The van der Waals surface area contributed by atoms with Crippen molar-refractivity contribution < 1.29 is 9.59 Å². The van der Waals surface area contributed by atoms with Crippen LogP contribution in [0.15, 0.2) is 24.3 Å². The number of aryl methyl sites for hydroxylation is 1. The van der Waals surface area contributed by atoms with Gasteiger partial charge in [-0.3, -0.25) is 9.59 Å².